The fraction of sp³-hybridized carbons (Fsp3) is 0.278. The molecular formula is C18H17ClN4O4S2. The summed E-state index contributed by atoms with van der Waals surface area (Å²) in [5.74, 6) is -0.869. The molecule has 0 aliphatic heterocycles. The lowest BCUT2D eigenvalue weighted by Crippen LogP contribution is -2.09. The molecule has 0 saturated carbocycles. The predicted molar refractivity (Wildman–Crippen MR) is 110 cm³/mol. The summed E-state index contributed by atoms with van der Waals surface area (Å²) < 4.78 is 11.8. The Bertz CT molecular complexity index is 1020. The number of aromatic nitrogens is 4. The van der Waals surface area contributed by atoms with Gasteiger partial charge in [-0.1, -0.05) is 29.4 Å². The normalized spacial score (nSPS) is 10.7. The molecule has 8 nitrogen and oxygen atoms in total. The molecule has 2 aromatic heterocycles. The molecule has 3 aromatic rings. The largest absolute Gasteiger partial charge is 0.461 e. The molecule has 0 unspecified atom stereocenters. The number of hydrogen-bond donors (Lipinski definition) is 0. The van der Waals surface area contributed by atoms with Crippen LogP contribution in [0.25, 0.3) is 5.69 Å². The number of benzene rings is 1. The van der Waals surface area contributed by atoms with Crippen LogP contribution in [-0.2, 0) is 20.9 Å². The summed E-state index contributed by atoms with van der Waals surface area (Å²) in [6.45, 7) is 3.90. The van der Waals surface area contributed by atoms with E-state index >= 15 is 0 Å². The molecule has 2 heterocycles. The van der Waals surface area contributed by atoms with Crippen LogP contribution in [0.3, 0.4) is 0 Å². The number of halogens is 1. The average Bonchev–Trinajstić information content (AvgIpc) is 3.36. The Balaban J connectivity index is 1.53. The van der Waals surface area contributed by atoms with Crippen molar-refractivity contribution in [2.75, 3.05) is 12.4 Å². The van der Waals surface area contributed by atoms with E-state index in [-0.39, 0.29) is 24.0 Å². The smallest absolute Gasteiger partial charge is 0.367 e. The summed E-state index contributed by atoms with van der Waals surface area (Å²) in [5, 5.41) is 11.0. The third-order valence-corrected chi connectivity index (χ3v) is 5.85. The molecule has 0 atom stereocenters. The third kappa shape index (κ3) is 5.55. The van der Waals surface area contributed by atoms with Crippen molar-refractivity contribution in [3.8, 4) is 5.69 Å². The quantitative estimate of drug-likeness (QED) is 0.377. The number of nitrogens with zero attached hydrogens (tertiary/aromatic N) is 4. The number of hydrogen-bond acceptors (Lipinski definition) is 9. The Labute approximate surface area is 180 Å². The van der Waals surface area contributed by atoms with Gasteiger partial charge in [0.05, 0.1) is 23.7 Å². The first-order valence-electron chi connectivity index (χ1n) is 8.54. The van der Waals surface area contributed by atoms with Crippen molar-refractivity contribution in [3.63, 3.8) is 0 Å². The molecule has 0 saturated heterocycles. The lowest BCUT2D eigenvalue weighted by atomic mass is 10.2. The van der Waals surface area contributed by atoms with Gasteiger partial charge in [-0.3, -0.25) is 9.36 Å². The maximum Gasteiger partial charge on any atom is 0.367 e. The van der Waals surface area contributed by atoms with E-state index in [1.54, 1.807) is 23.2 Å². The summed E-state index contributed by atoms with van der Waals surface area (Å²) in [6.07, 6.45) is 1.56. The van der Waals surface area contributed by atoms with Gasteiger partial charge in [0.25, 0.3) is 0 Å². The highest BCUT2D eigenvalue weighted by Crippen LogP contribution is 2.24. The van der Waals surface area contributed by atoms with E-state index in [2.05, 4.69) is 15.2 Å². The van der Waals surface area contributed by atoms with Gasteiger partial charge < -0.3 is 9.47 Å². The van der Waals surface area contributed by atoms with E-state index in [0.29, 0.717) is 15.9 Å². The number of carbonyl (C=O) groups is 2. The van der Waals surface area contributed by atoms with Crippen LogP contribution < -0.4 is 0 Å². The molecule has 0 aliphatic carbocycles. The van der Waals surface area contributed by atoms with Gasteiger partial charge in [0.1, 0.15) is 12.9 Å². The van der Waals surface area contributed by atoms with Gasteiger partial charge in [0.15, 0.2) is 5.16 Å². The van der Waals surface area contributed by atoms with Crippen LogP contribution in [0.5, 0.6) is 0 Å². The van der Waals surface area contributed by atoms with Crippen LogP contribution in [0.4, 0.5) is 0 Å². The number of thioether (sulfide) groups is 1. The summed E-state index contributed by atoms with van der Waals surface area (Å²) >= 11 is 8.53. The molecule has 0 amide bonds. The zero-order chi connectivity index (χ0) is 20.8. The van der Waals surface area contributed by atoms with Crippen molar-refractivity contribution in [2.45, 2.75) is 25.6 Å². The molecule has 0 spiro atoms. The summed E-state index contributed by atoms with van der Waals surface area (Å²) in [5.41, 5.74) is 2.26. The Morgan fingerprint density at radius 3 is 2.90 bits per heavy atom. The molecule has 0 aliphatic rings. The molecule has 152 valence electrons. The fourth-order valence-corrected chi connectivity index (χ4v) is 3.81. The van der Waals surface area contributed by atoms with E-state index in [9.17, 15) is 9.59 Å². The maximum absolute atomic E-state index is 12.1. The van der Waals surface area contributed by atoms with Crippen LogP contribution >= 0.6 is 34.7 Å². The van der Waals surface area contributed by atoms with Crippen LogP contribution in [-0.4, -0.2) is 44.0 Å². The lowest BCUT2D eigenvalue weighted by molar-refractivity contribution is -0.141. The van der Waals surface area contributed by atoms with Crippen molar-refractivity contribution in [1.82, 2.24) is 19.7 Å². The van der Waals surface area contributed by atoms with Gasteiger partial charge in [0.2, 0.25) is 5.01 Å². The molecule has 0 N–H and O–H groups in total. The van der Waals surface area contributed by atoms with E-state index in [1.165, 1.54) is 11.8 Å². The first kappa shape index (κ1) is 21.3. The van der Waals surface area contributed by atoms with Crippen LogP contribution in [0.2, 0.25) is 5.02 Å². The van der Waals surface area contributed by atoms with Crippen LogP contribution in [0.15, 0.2) is 35.1 Å². The molecule has 11 heteroatoms. The highest BCUT2D eigenvalue weighted by Gasteiger charge is 2.15. The SMILES string of the molecule is CCOC(=O)c1nc(COC(=O)CSc2nncn2-c2ccc(C)c(Cl)c2)cs1. The summed E-state index contributed by atoms with van der Waals surface area (Å²) in [7, 11) is 0. The zero-order valence-electron chi connectivity index (χ0n) is 15.6. The standard InChI is InChI=1S/C18H17ClN4O4S2/c1-3-26-17(25)16-21-12(8-28-16)7-27-15(24)9-29-18-22-20-10-23(18)13-5-4-11(2)14(19)6-13/h4-6,8,10H,3,7,9H2,1-2H3. The van der Waals surface area contributed by atoms with Gasteiger partial charge in [-0.25, -0.2) is 9.78 Å². The maximum atomic E-state index is 12.1. The second-order valence-corrected chi connectivity index (χ2v) is 7.94. The number of aryl methyl sites for hydroxylation is 1. The molecule has 0 fully saturated rings. The number of ether oxygens (including phenoxy) is 2. The lowest BCUT2D eigenvalue weighted by Gasteiger charge is -2.08. The molecule has 0 bridgehead atoms. The molecular weight excluding hydrogens is 436 g/mol. The molecule has 3 rings (SSSR count). The number of carbonyl (C=O) groups excluding carboxylic acids is 2. The first-order valence-corrected chi connectivity index (χ1v) is 10.8. The second kappa shape index (κ2) is 9.86. The van der Waals surface area contributed by atoms with Crippen molar-refractivity contribution >= 4 is 46.6 Å². The Morgan fingerprint density at radius 1 is 1.31 bits per heavy atom. The van der Waals surface area contributed by atoms with E-state index in [4.69, 9.17) is 21.1 Å². The minimum absolute atomic E-state index is 0.0183. The molecule has 29 heavy (non-hydrogen) atoms. The minimum Gasteiger partial charge on any atom is -0.461 e. The zero-order valence-corrected chi connectivity index (χ0v) is 18.0. The first-order chi connectivity index (χ1) is 14.0. The Kier molecular flexibility index (Phi) is 7.24. The number of rotatable bonds is 8. The van der Waals surface area contributed by atoms with Crippen LogP contribution in [0, 0.1) is 6.92 Å². The molecule has 1 aromatic carbocycles. The Morgan fingerprint density at radius 2 is 2.14 bits per heavy atom. The van der Waals surface area contributed by atoms with E-state index < -0.39 is 11.9 Å². The van der Waals surface area contributed by atoms with Crippen LogP contribution in [0.1, 0.15) is 28.0 Å². The van der Waals surface area contributed by atoms with Crippen molar-refractivity contribution in [3.05, 3.63) is 51.2 Å². The topological polar surface area (TPSA) is 96.2 Å². The Hall–Kier alpha value is -2.43. The number of esters is 2. The van der Waals surface area contributed by atoms with Gasteiger partial charge in [0, 0.05) is 10.4 Å². The van der Waals surface area contributed by atoms with Gasteiger partial charge in [-0.05, 0) is 31.5 Å². The van der Waals surface area contributed by atoms with Gasteiger partial charge >= 0.3 is 11.9 Å². The third-order valence-electron chi connectivity index (χ3n) is 3.65. The monoisotopic (exact) mass is 452 g/mol. The summed E-state index contributed by atoms with van der Waals surface area (Å²) in [4.78, 5) is 27.8. The van der Waals surface area contributed by atoms with Gasteiger partial charge in [-0.2, -0.15) is 0 Å². The average molecular weight is 453 g/mol. The van der Waals surface area contributed by atoms with Crippen molar-refractivity contribution in [1.29, 1.82) is 0 Å². The highest BCUT2D eigenvalue weighted by molar-refractivity contribution is 7.99. The second-order valence-electron chi connectivity index (χ2n) is 5.73. The van der Waals surface area contributed by atoms with E-state index in [0.717, 1.165) is 22.6 Å². The van der Waals surface area contributed by atoms with Crippen molar-refractivity contribution in [2.24, 2.45) is 0 Å². The highest BCUT2D eigenvalue weighted by atomic mass is 35.5. The molecule has 0 radical (unpaired) electrons. The minimum atomic E-state index is -0.485. The van der Waals surface area contributed by atoms with E-state index in [1.807, 2.05) is 25.1 Å². The van der Waals surface area contributed by atoms with Gasteiger partial charge in [-0.15, -0.1) is 21.5 Å². The fourth-order valence-electron chi connectivity index (χ4n) is 2.21. The predicted octanol–water partition coefficient (Wildman–Crippen LogP) is 3.70. The summed E-state index contributed by atoms with van der Waals surface area (Å²) in [6, 6.07) is 5.61. The number of thiazole rings is 1. The van der Waals surface area contributed by atoms with Crippen molar-refractivity contribution < 1.29 is 19.1 Å².